The van der Waals surface area contributed by atoms with Crippen molar-refractivity contribution >= 4 is 23.3 Å². The highest BCUT2D eigenvalue weighted by molar-refractivity contribution is 6.02. The second kappa shape index (κ2) is 13.4. The minimum atomic E-state index is -4.41. The number of carbonyl (C=O) groups excluding carboxylic acids is 2. The molecule has 3 aromatic rings. The van der Waals surface area contributed by atoms with Crippen LogP contribution >= 0.6 is 0 Å². The molecule has 1 heterocycles. The van der Waals surface area contributed by atoms with Crippen LogP contribution in [-0.4, -0.2) is 65.7 Å². The Labute approximate surface area is 247 Å². The monoisotopic (exact) mass is 602 g/mol. The Morgan fingerprint density at radius 2 is 1.70 bits per heavy atom. The van der Waals surface area contributed by atoms with Gasteiger partial charge in [0.2, 0.25) is 0 Å². The lowest BCUT2D eigenvalue weighted by molar-refractivity contribution is -0.137. The Kier molecular flexibility index (Phi) is 9.92. The Bertz CT molecular complexity index is 1420. The Morgan fingerprint density at radius 1 is 1.07 bits per heavy atom. The van der Waals surface area contributed by atoms with E-state index in [1.165, 1.54) is 42.5 Å². The number of aliphatic hydroxyl groups excluding tert-OH is 1. The normalized spacial score (nSPS) is 17.9. The molecule has 0 aromatic heterocycles. The third-order valence-electron chi connectivity index (χ3n) is 7.25. The number of fused-ring (bicyclic) bond motifs is 1. The largest absolute Gasteiger partial charge is 0.488 e. The first kappa shape index (κ1) is 31.8. The van der Waals surface area contributed by atoms with Gasteiger partial charge in [0, 0.05) is 36.9 Å². The molecule has 4 rings (SSSR count). The molecule has 3 atom stereocenters. The molecule has 43 heavy (non-hydrogen) atoms. The molecule has 230 valence electrons. The van der Waals surface area contributed by atoms with Crippen LogP contribution in [0.1, 0.15) is 35.3 Å². The van der Waals surface area contributed by atoms with Gasteiger partial charge in [0.1, 0.15) is 17.7 Å². The van der Waals surface area contributed by atoms with Crippen molar-refractivity contribution in [1.29, 1.82) is 0 Å². The fourth-order valence-electron chi connectivity index (χ4n) is 4.83. The molecular weight excluding hydrogens is 568 g/mol. The standard InChI is InChI=1S/C31H34F4N4O4/c1-19-15-39(20(2)18-40)29(41)26-14-25(37-30(42)36-24-10-8-23(32)9-11-24)12-13-27(26)43-28(19)17-38(3)16-21-4-6-22(7-5-21)31(33,34)35/h4-14,19-20,28,40H,15-18H2,1-3H3,(H2,36,37,42)/t19-,20-,28+/m0/s1. The number of likely N-dealkylation sites (N-methyl/N-ethyl adjacent to an activating group) is 1. The summed E-state index contributed by atoms with van der Waals surface area (Å²) in [7, 11) is 1.83. The lowest BCUT2D eigenvalue weighted by Crippen LogP contribution is -2.49. The zero-order valence-electron chi connectivity index (χ0n) is 24.0. The second-order valence-electron chi connectivity index (χ2n) is 10.8. The number of nitrogens with one attached hydrogen (secondary N) is 2. The van der Waals surface area contributed by atoms with Gasteiger partial charge in [-0.15, -0.1) is 0 Å². The maximum absolute atomic E-state index is 13.6. The van der Waals surface area contributed by atoms with Crippen LogP contribution < -0.4 is 15.4 Å². The molecule has 3 amide bonds. The highest BCUT2D eigenvalue weighted by atomic mass is 19.4. The van der Waals surface area contributed by atoms with Crippen LogP contribution in [0.3, 0.4) is 0 Å². The minimum Gasteiger partial charge on any atom is -0.488 e. The van der Waals surface area contributed by atoms with Gasteiger partial charge in [0.15, 0.2) is 0 Å². The number of amides is 3. The highest BCUT2D eigenvalue weighted by Gasteiger charge is 2.34. The number of alkyl halides is 3. The molecule has 12 heteroatoms. The summed E-state index contributed by atoms with van der Waals surface area (Å²) in [6, 6.07) is 13.8. The van der Waals surface area contributed by atoms with Gasteiger partial charge >= 0.3 is 12.2 Å². The average Bonchev–Trinajstić information content (AvgIpc) is 2.95. The number of urea groups is 1. The van der Waals surface area contributed by atoms with Crippen molar-refractivity contribution in [2.45, 2.75) is 38.7 Å². The molecule has 0 bridgehead atoms. The van der Waals surface area contributed by atoms with Crippen molar-refractivity contribution < 1.29 is 37.0 Å². The summed E-state index contributed by atoms with van der Waals surface area (Å²) < 4.78 is 58.4. The van der Waals surface area contributed by atoms with E-state index in [1.807, 2.05) is 18.9 Å². The average molecular weight is 603 g/mol. The van der Waals surface area contributed by atoms with Crippen LogP contribution in [0.25, 0.3) is 0 Å². The van der Waals surface area contributed by atoms with Crippen LogP contribution in [0.2, 0.25) is 0 Å². The summed E-state index contributed by atoms with van der Waals surface area (Å²) in [6.45, 7) is 4.46. The number of ether oxygens (including phenoxy) is 1. The summed E-state index contributed by atoms with van der Waals surface area (Å²) >= 11 is 0. The quantitative estimate of drug-likeness (QED) is 0.282. The molecule has 0 saturated heterocycles. The van der Waals surface area contributed by atoms with Gasteiger partial charge in [0.25, 0.3) is 5.91 Å². The molecule has 0 unspecified atom stereocenters. The van der Waals surface area contributed by atoms with Gasteiger partial charge in [-0.1, -0.05) is 19.1 Å². The molecule has 0 radical (unpaired) electrons. The molecule has 0 saturated carbocycles. The topological polar surface area (TPSA) is 94.1 Å². The molecule has 8 nitrogen and oxygen atoms in total. The highest BCUT2D eigenvalue weighted by Crippen LogP contribution is 2.32. The predicted octanol–water partition coefficient (Wildman–Crippen LogP) is 5.84. The molecule has 3 N–H and O–H groups in total. The van der Waals surface area contributed by atoms with E-state index in [0.717, 1.165) is 12.1 Å². The molecule has 0 aliphatic carbocycles. The third kappa shape index (κ3) is 8.23. The molecule has 3 aromatic carbocycles. The van der Waals surface area contributed by atoms with Crippen molar-refractivity contribution in [3.8, 4) is 5.75 Å². The summed E-state index contributed by atoms with van der Waals surface area (Å²) in [6.07, 6.45) is -4.82. The third-order valence-corrected chi connectivity index (χ3v) is 7.25. The van der Waals surface area contributed by atoms with Gasteiger partial charge in [0.05, 0.1) is 23.8 Å². The maximum atomic E-state index is 13.6. The molecule has 1 aliphatic rings. The Hall–Kier alpha value is -4.16. The first-order chi connectivity index (χ1) is 20.3. The number of nitrogens with zero attached hydrogens (tertiary/aromatic N) is 2. The zero-order valence-corrected chi connectivity index (χ0v) is 24.0. The number of benzene rings is 3. The Balaban J connectivity index is 1.53. The lowest BCUT2D eigenvalue weighted by atomic mass is 9.99. The van der Waals surface area contributed by atoms with E-state index in [9.17, 15) is 32.3 Å². The summed E-state index contributed by atoms with van der Waals surface area (Å²) in [5.41, 5.74) is 0.884. The molecular formula is C31H34F4N4O4. The smallest absolute Gasteiger partial charge is 0.416 e. The number of rotatable bonds is 8. The van der Waals surface area contributed by atoms with Gasteiger partial charge in [-0.2, -0.15) is 13.2 Å². The summed E-state index contributed by atoms with van der Waals surface area (Å²) in [4.78, 5) is 29.7. The summed E-state index contributed by atoms with van der Waals surface area (Å²) in [5, 5.41) is 15.1. The summed E-state index contributed by atoms with van der Waals surface area (Å²) in [5.74, 6) is -0.682. The van der Waals surface area contributed by atoms with Crippen molar-refractivity contribution in [1.82, 2.24) is 9.80 Å². The van der Waals surface area contributed by atoms with E-state index in [2.05, 4.69) is 10.6 Å². The van der Waals surface area contributed by atoms with Crippen LogP contribution in [0, 0.1) is 11.7 Å². The van der Waals surface area contributed by atoms with Gasteiger partial charge < -0.3 is 25.4 Å². The Morgan fingerprint density at radius 3 is 2.33 bits per heavy atom. The fraction of sp³-hybridized carbons (Fsp3) is 0.355. The SMILES string of the molecule is C[C@H]1CN([C@@H](C)CO)C(=O)c2cc(NC(=O)Nc3ccc(F)cc3)ccc2O[C@@H]1CN(C)Cc1ccc(C(F)(F)F)cc1. The zero-order chi connectivity index (χ0) is 31.3. The van der Waals surface area contributed by atoms with Crippen molar-refractivity contribution in [3.05, 3.63) is 89.2 Å². The maximum Gasteiger partial charge on any atom is 0.416 e. The van der Waals surface area contributed by atoms with Gasteiger partial charge in [-0.25, -0.2) is 9.18 Å². The van der Waals surface area contributed by atoms with Crippen LogP contribution in [0.4, 0.5) is 33.7 Å². The van der Waals surface area contributed by atoms with E-state index >= 15 is 0 Å². The predicted molar refractivity (Wildman–Crippen MR) is 154 cm³/mol. The van der Waals surface area contributed by atoms with Crippen molar-refractivity contribution in [2.24, 2.45) is 5.92 Å². The second-order valence-corrected chi connectivity index (χ2v) is 10.8. The number of hydrogen-bond acceptors (Lipinski definition) is 5. The minimum absolute atomic E-state index is 0.166. The molecule has 1 aliphatic heterocycles. The first-order valence-corrected chi connectivity index (χ1v) is 13.7. The van der Waals surface area contributed by atoms with Crippen LogP contribution in [-0.2, 0) is 12.7 Å². The van der Waals surface area contributed by atoms with E-state index in [0.29, 0.717) is 35.8 Å². The lowest BCUT2D eigenvalue weighted by Gasteiger charge is -2.38. The van der Waals surface area contributed by atoms with E-state index in [1.54, 1.807) is 24.0 Å². The van der Waals surface area contributed by atoms with E-state index in [-0.39, 0.29) is 30.5 Å². The van der Waals surface area contributed by atoms with Crippen LogP contribution in [0.5, 0.6) is 5.75 Å². The van der Waals surface area contributed by atoms with Crippen LogP contribution in [0.15, 0.2) is 66.7 Å². The fourth-order valence-corrected chi connectivity index (χ4v) is 4.83. The van der Waals surface area contributed by atoms with Crippen molar-refractivity contribution in [3.63, 3.8) is 0 Å². The molecule has 0 fully saturated rings. The van der Waals surface area contributed by atoms with Gasteiger partial charge in [-0.05, 0) is 74.1 Å². The number of hydrogen-bond donors (Lipinski definition) is 3. The number of carbonyl (C=O) groups is 2. The number of aliphatic hydroxyl groups is 1. The van der Waals surface area contributed by atoms with Gasteiger partial charge in [-0.3, -0.25) is 9.69 Å². The number of anilines is 2. The van der Waals surface area contributed by atoms with Crippen molar-refractivity contribution in [2.75, 3.05) is 37.4 Å². The first-order valence-electron chi connectivity index (χ1n) is 13.7. The van der Waals surface area contributed by atoms with E-state index < -0.39 is 35.7 Å². The van der Waals surface area contributed by atoms with E-state index in [4.69, 9.17) is 4.74 Å². The number of halogens is 4. The molecule has 0 spiro atoms.